The highest BCUT2D eigenvalue weighted by atomic mass is 32.2. The maximum atomic E-state index is 12.5. The number of fused-ring (bicyclic) bond motifs is 1. The highest BCUT2D eigenvalue weighted by Crippen LogP contribution is 2.35. The summed E-state index contributed by atoms with van der Waals surface area (Å²) in [6.07, 6.45) is 0.488. The first-order chi connectivity index (χ1) is 11.4. The molecule has 1 unspecified atom stereocenters. The van der Waals surface area contributed by atoms with Crippen LogP contribution in [0.4, 0.5) is 11.4 Å². The summed E-state index contributed by atoms with van der Waals surface area (Å²) in [7, 11) is -2.17. The highest BCUT2D eigenvalue weighted by Gasteiger charge is 2.22. The van der Waals surface area contributed by atoms with Crippen molar-refractivity contribution < 1.29 is 17.9 Å². The molecular formula is C15H16N2O4S3. The van der Waals surface area contributed by atoms with Crippen LogP contribution in [0.3, 0.4) is 0 Å². The molecule has 0 bridgehead atoms. The Kier molecular flexibility index (Phi) is 4.66. The highest BCUT2D eigenvalue weighted by molar-refractivity contribution is 7.94. The summed E-state index contributed by atoms with van der Waals surface area (Å²) in [4.78, 5) is 0. The van der Waals surface area contributed by atoms with E-state index in [1.807, 2.05) is 6.92 Å². The molecule has 9 heteroatoms. The molecule has 2 heterocycles. The van der Waals surface area contributed by atoms with Crippen LogP contribution in [0, 0.1) is 0 Å². The Labute approximate surface area is 149 Å². The van der Waals surface area contributed by atoms with Crippen LogP contribution >= 0.6 is 23.6 Å². The van der Waals surface area contributed by atoms with Crippen LogP contribution in [0.1, 0.15) is 12.5 Å². The number of thiophene rings is 1. The second-order valence-corrected chi connectivity index (χ2v) is 8.52. The largest absolute Gasteiger partial charge is 0.494 e. The van der Waals surface area contributed by atoms with Crippen LogP contribution in [0.5, 0.6) is 5.75 Å². The van der Waals surface area contributed by atoms with Gasteiger partial charge in [-0.3, -0.25) is 4.72 Å². The van der Waals surface area contributed by atoms with Gasteiger partial charge >= 0.3 is 0 Å². The molecule has 0 saturated heterocycles. The lowest BCUT2D eigenvalue weighted by atomic mass is 10.1. The fraction of sp³-hybridized carbons (Fsp3) is 0.267. The Balaban J connectivity index is 2.01. The van der Waals surface area contributed by atoms with E-state index in [1.54, 1.807) is 29.6 Å². The van der Waals surface area contributed by atoms with Gasteiger partial charge < -0.3 is 14.8 Å². The lowest BCUT2D eigenvalue weighted by molar-refractivity contribution is 0.217. The van der Waals surface area contributed by atoms with Crippen molar-refractivity contribution in [2.45, 2.75) is 23.7 Å². The van der Waals surface area contributed by atoms with Gasteiger partial charge in [-0.2, -0.15) is 0 Å². The van der Waals surface area contributed by atoms with Gasteiger partial charge in [0.15, 0.2) is 0 Å². The fourth-order valence-electron chi connectivity index (χ4n) is 2.44. The van der Waals surface area contributed by atoms with E-state index < -0.39 is 10.0 Å². The van der Waals surface area contributed by atoms with Crippen molar-refractivity contribution >= 4 is 50.1 Å². The molecule has 1 aromatic carbocycles. The maximum absolute atomic E-state index is 12.5. The summed E-state index contributed by atoms with van der Waals surface area (Å²) in [6, 6.07) is 6.71. The predicted octanol–water partition coefficient (Wildman–Crippen LogP) is 3.22. The van der Waals surface area contributed by atoms with Crippen molar-refractivity contribution in [3.8, 4) is 5.75 Å². The van der Waals surface area contributed by atoms with E-state index in [-0.39, 0.29) is 15.5 Å². The molecule has 1 aromatic heterocycles. The first kappa shape index (κ1) is 17.0. The van der Waals surface area contributed by atoms with Crippen LogP contribution in [0.15, 0.2) is 33.9 Å². The van der Waals surface area contributed by atoms with E-state index >= 15 is 0 Å². The molecule has 0 aliphatic carbocycles. The number of rotatable bonds is 4. The SMILES string of the molecule is COc1cc2c(cc1NS(=O)(=O)c1cccs1)CC(C)OC(=S)N2. The zero-order valence-corrected chi connectivity index (χ0v) is 15.5. The molecule has 0 fully saturated rings. The topological polar surface area (TPSA) is 76.7 Å². The molecule has 2 aromatic rings. The molecule has 1 aliphatic rings. The number of benzene rings is 1. The summed E-state index contributed by atoms with van der Waals surface area (Å²) < 4.78 is 38.6. The monoisotopic (exact) mass is 384 g/mol. The zero-order chi connectivity index (χ0) is 17.3. The van der Waals surface area contributed by atoms with Crippen LogP contribution in [0.25, 0.3) is 0 Å². The normalized spacial score (nSPS) is 17.2. The maximum Gasteiger partial charge on any atom is 0.271 e. The predicted molar refractivity (Wildman–Crippen MR) is 98.6 cm³/mol. The van der Waals surface area contributed by atoms with Crippen LogP contribution in [-0.4, -0.2) is 26.8 Å². The summed E-state index contributed by atoms with van der Waals surface area (Å²) in [6.45, 7) is 1.91. The first-order valence-electron chi connectivity index (χ1n) is 7.14. The minimum Gasteiger partial charge on any atom is -0.494 e. The van der Waals surface area contributed by atoms with Gasteiger partial charge in [0.05, 0.1) is 12.8 Å². The molecule has 3 rings (SSSR count). The third kappa shape index (κ3) is 3.47. The standard InChI is InChI=1S/C15H16N2O4S3/c1-9-6-10-7-12(17-24(18,19)14-4-3-5-23-14)13(20-2)8-11(10)16-15(22)21-9/h3-5,7-9,17H,6H2,1-2H3,(H,16,22). The molecule has 1 aliphatic heterocycles. The van der Waals surface area contributed by atoms with E-state index in [4.69, 9.17) is 21.7 Å². The van der Waals surface area contributed by atoms with Crippen molar-refractivity contribution in [2.24, 2.45) is 0 Å². The van der Waals surface area contributed by atoms with Crippen molar-refractivity contribution in [1.82, 2.24) is 0 Å². The molecule has 0 radical (unpaired) electrons. The van der Waals surface area contributed by atoms with Gasteiger partial charge in [-0.1, -0.05) is 6.07 Å². The number of nitrogens with one attached hydrogen (secondary N) is 2. The molecular weight excluding hydrogens is 368 g/mol. The fourth-order valence-corrected chi connectivity index (χ4v) is 4.77. The van der Waals surface area contributed by atoms with Crippen molar-refractivity contribution in [1.29, 1.82) is 0 Å². The lowest BCUT2D eigenvalue weighted by Crippen LogP contribution is -2.16. The Morgan fingerprint density at radius 2 is 2.25 bits per heavy atom. The number of sulfonamides is 1. The van der Waals surface area contributed by atoms with Gasteiger partial charge in [-0.05, 0) is 42.2 Å². The molecule has 1 atom stereocenters. The number of hydrogen-bond donors (Lipinski definition) is 2. The van der Waals surface area contributed by atoms with Crippen LogP contribution in [0.2, 0.25) is 0 Å². The van der Waals surface area contributed by atoms with Crippen molar-refractivity contribution in [3.63, 3.8) is 0 Å². The Bertz CT molecular complexity index is 863. The molecule has 2 N–H and O–H groups in total. The van der Waals surface area contributed by atoms with E-state index in [0.29, 0.717) is 17.9 Å². The molecule has 6 nitrogen and oxygen atoms in total. The molecule has 0 saturated carbocycles. The number of anilines is 2. The van der Waals surface area contributed by atoms with Crippen molar-refractivity contribution in [3.05, 3.63) is 35.2 Å². The zero-order valence-electron chi connectivity index (χ0n) is 13.0. The Hall–Kier alpha value is -1.84. The van der Waals surface area contributed by atoms with Gasteiger partial charge in [-0.25, -0.2) is 8.42 Å². The minimum absolute atomic E-state index is 0.110. The number of thiocarbonyl (C=S) groups is 1. The Morgan fingerprint density at radius 3 is 2.92 bits per heavy atom. The molecule has 128 valence electrons. The van der Waals surface area contributed by atoms with Gasteiger partial charge in [0, 0.05) is 18.2 Å². The summed E-state index contributed by atoms with van der Waals surface area (Å²) >= 11 is 6.27. The number of ether oxygens (including phenoxy) is 2. The van der Waals surface area contributed by atoms with Crippen molar-refractivity contribution in [2.75, 3.05) is 17.1 Å². The quantitative estimate of drug-likeness (QED) is 0.789. The second-order valence-electron chi connectivity index (χ2n) is 5.29. The van der Waals surface area contributed by atoms with E-state index in [1.165, 1.54) is 7.11 Å². The summed E-state index contributed by atoms with van der Waals surface area (Å²) in [5, 5.41) is 5.00. The third-order valence-electron chi connectivity index (χ3n) is 3.48. The van der Waals surface area contributed by atoms with E-state index in [9.17, 15) is 8.42 Å². The average molecular weight is 385 g/mol. The smallest absolute Gasteiger partial charge is 0.271 e. The number of hydrogen-bond acceptors (Lipinski definition) is 6. The van der Waals surface area contributed by atoms with Crippen LogP contribution < -0.4 is 14.8 Å². The van der Waals surface area contributed by atoms with E-state index in [2.05, 4.69) is 10.0 Å². The van der Waals surface area contributed by atoms with Crippen LogP contribution in [-0.2, 0) is 21.2 Å². The molecule has 24 heavy (non-hydrogen) atoms. The molecule has 0 spiro atoms. The van der Waals surface area contributed by atoms with Gasteiger partial charge in [0.25, 0.3) is 15.2 Å². The second kappa shape index (κ2) is 6.58. The summed E-state index contributed by atoms with van der Waals surface area (Å²) in [5.41, 5.74) is 2.03. The van der Waals surface area contributed by atoms with Gasteiger partial charge in [0.1, 0.15) is 16.1 Å². The van der Waals surface area contributed by atoms with Gasteiger partial charge in [-0.15, -0.1) is 11.3 Å². The minimum atomic E-state index is -3.65. The number of methoxy groups -OCH3 is 1. The van der Waals surface area contributed by atoms with E-state index in [0.717, 1.165) is 22.6 Å². The lowest BCUT2D eigenvalue weighted by Gasteiger charge is -2.15. The summed E-state index contributed by atoms with van der Waals surface area (Å²) in [5.74, 6) is 0.402. The third-order valence-corrected chi connectivity index (χ3v) is 6.44. The Morgan fingerprint density at radius 1 is 1.46 bits per heavy atom. The average Bonchev–Trinajstić information content (AvgIpc) is 3.00. The first-order valence-corrected chi connectivity index (χ1v) is 9.91. The molecule has 0 amide bonds. The van der Waals surface area contributed by atoms with Gasteiger partial charge in [0.2, 0.25) is 0 Å².